The minimum absolute atomic E-state index is 0.771. The van der Waals surface area contributed by atoms with Crippen LogP contribution in [0, 0.1) is 12.8 Å². The first kappa shape index (κ1) is 17.7. The molecule has 0 aliphatic heterocycles. The summed E-state index contributed by atoms with van der Waals surface area (Å²) in [6.45, 7) is 10.2. The van der Waals surface area contributed by atoms with Gasteiger partial charge >= 0.3 is 0 Å². The lowest BCUT2D eigenvalue weighted by Gasteiger charge is -2.28. The summed E-state index contributed by atoms with van der Waals surface area (Å²) in [7, 11) is 0. The number of aryl methyl sites for hydroxylation is 1. The molecule has 1 aliphatic rings. The van der Waals surface area contributed by atoms with Crippen LogP contribution in [0.3, 0.4) is 0 Å². The Kier molecular flexibility index (Phi) is 6.23. The van der Waals surface area contributed by atoms with Crippen LogP contribution in [0.4, 0.5) is 0 Å². The zero-order chi connectivity index (χ0) is 17.5. The average molecular weight is 339 g/mol. The summed E-state index contributed by atoms with van der Waals surface area (Å²) in [6.07, 6.45) is 19.1. The highest BCUT2D eigenvalue weighted by atomic mass is 15.3. The molecule has 2 aromatic heterocycles. The monoisotopic (exact) mass is 339 g/mol. The van der Waals surface area contributed by atoms with Gasteiger partial charge in [-0.05, 0) is 38.5 Å². The third kappa shape index (κ3) is 4.92. The van der Waals surface area contributed by atoms with Gasteiger partial charge < -0.3 is 4.57 Å². The third-order valence-corrected chi connectivity index (χ3v) is 5.06. The Balaban J connectivity index is 1.60. The van der Waals surface area contributed by atoms with E-state index in [4.69, 9.17) is 0 Å². The topological polar surface area (TPSA) is 38.9 Å². The van der Waals surface area contributed by atoms with E-state index in [2.05, 4.69) is 45.2 Å². The van der Waals surface area contributed by atoms with Crippen molar-refractivity contribution in [3.63, 3.8) is 0 Å². The molecule has 25 heavy (non-hydrogen) atoms. The number of hydrogen-bond acceptors (Lipinski definition) is 3. The van der Waals surface area contributed by atoms with Crippen LogP contribution in [0.5, 0.6) is 0 Å². The van der Waals surface area contributed by atoms with Crippen molar-refractivity contribution in [2.75, 3.05) is 13.1 Å². The highest BCUT2D eigenvalue weighted by Crippen LogP contribution is 2.21. The Morgan fingerprint density at radius 2 is 2.32 bits per heavy atom. The van der Waals surface area contributed by atoms with E-state index < -0.39 is 0 Å². The molecular weight excluding hydrogens is 310 g/mol. The number of allylic oxidation sites excluding steroid dienone is 2. The molecule has 1 unspecified atom stereocenters. The minimum atomic E-state index is 0.771. The minimum Gasteiger partial charge on any atom is -0.337 e. The molecular formula is C20H29N5. The summed E-state index contributed by atoms with van der Waals surface area (Å²) >= 11 is 0. The maximum Gasteiger partial charge on any atom is 0.0945 e. The average Bonchev–Trinajstić information content (AvgIpc) is 3.26. The molecule has 5 heteroatoms. The molecule has 0 aromatic carbocycles. The van der Waals surface area contributed by atoms with Crippen molar-refractivity contribution in [2.24, 2.45) is 5.92 Å². The van der Waals surface area contributed by atoms with Crippen LogP contribution in [0.2, 0.25) is 0 Å². The van der Waals surface area contributed by atoms with E-state index in [0.717, 1.165) is 38.5 Å². The molecule has 2 aromatic rings. The maximum atomic E-state index is 4.40. The van der Waals surface area contributed by atoms with Gasteiger partial charge in [0.2, 0.25) is 0 Å². The SMILES string of the molecule is C=Cn1ncc(CN(CCCn2ccnc2)CC2CC=CCC2)c1C. The Labute approximate surface area is 150 Å². The molecule has 1 atom stereocenters. The van der Waals surface area contributed by atoms with E-state index in [9.17, 15) is 0 Å². The van der Waals surface area contributed by atoms with Crippen molar-refractivity contribution in [3.05, 3.63) is 54.9 Å². The summed E-state index contributed by atoms with van der Waals surface area (Å²) in [5, 5.41) is 4.40. The van der Waals surface area contributed by atoms with Gasteiger partial charge in [0.25, 0.3) is 0 Å². The number of imidazole rings is 1. The fourth-order valence-corrected chi connectivity index (χ4v) is 3.56. The van der Waals surface area contributed by atoms with Gasteiger partial charge in [-0.3, -0.25) is 4.90 Å². The molecule has 2 heterocycles. The van der Waals surface area contributed by atoms with Gasteiger partial charge in [0, 0.05) is 56.0 Å². The number of hydrogen-bond donors (Lipinski definition) is 0. The fourth-order valence-electron chi connectivity index (χ4n) is 3.56. The second kappa shape index (κ2) is 8.81. The molecule has 0 fully saturated rings. The molecule has 0 bridgehead atoms. The molecule has 0 N–H and O–H groups in total. The molecule has 1 aliphatic carbocycles. The van der Waals surface area contributed by atoms with Crippen LogP contribution in [-0.4, -0.2) is 37.3 Å². The van der Waals surface area contributed by atoms with Crippen LogP contribution in [0.15, 0.2) is 43.6 Å². The quantitative estimate of drug-likeness (QED) is 0.653. The zero-order valence-corrected chi connectivity index (χ0v) is 15.2. The summed E-state index contributed by atoms with van der Waals surface area (Å²) in [6, 6.07) is 0. The molecule has 0 radical (unpaired) electrons. The lowest BCUT2D eigenvalue weighted by Crippen LogP contribution is -2.31. The molecule has 0 saturated carbocycles. The van der Waals surface area contributed by atoms with Gasteiger partial charge in [0.1, 0.15) is 0 Å². The summed E-state index contributed by atoms with van der Waals surface area (Å²) < 4.78 is 4.02. The first-order valence-corrected chi connectivity index (χ1v) is 9.25. The zero-order valence-electron chi connectivity index (χ0n) is 15.2. The van der Waals surface area contributed by atoms with Crippen molar-refractivity contribution >= 4 is 6.20 Å². The molecule has 134 valence electrons. The second-order valence-electron chi connectivity index (χ2n) is 6.92. The smallest absolute Gasteiger partial charge is 0.0945 e. The Morgan fingerprint density at radius 3 is 3.00 bits per heavy atom. The number of rotatable bonds is 9. The molecule has 0 saturated heterocycles. The van der Waals surface area contributed by atoms with Gasteiger partial charge in [0.15, 0.2) is 0 Å². The summed E-state index contributed by atoms with van der Waals surface area (Å²) in [4.78, 5) is 6.72. The normalized spacial score (nSPS) is 17.3. The maximum absolute atomic E-state index is 4.40. The van der Waals surface area contributed by atoms with E-state index in [1.807, 2.05) is 29.6 Å². The number of nitrogens with zero attached hydrogens (tertiary/aromatic N) is 5. The van der Waals surface area contributed by atoms with E-state index in [0.29, 0.717) is 0 Å². The third-order valence-electron chi connectivity index (χ3n) is 5.06. The Morgan fingerprint density at radius 1 is 1.40 bits per heavy atom. The second-order valence-corrected chi connectivity index (χ2v) is 6.92. The number of aromatic nitrogens is 4. The Hall–Kier alpha value is -2.14. The van der Waals surface area contributed by atoms with E-state index in [-0.39, 0.29) is 0 Å². The standard InChI is InChI=1S/C20H29N5/c1-3-25-18(2)20(14-22-25)16-24(15-19-8-5-4-6-9-19)12-7-11-23-13-10-21-17-23/h3-5,10,13-14,17,19H,1,6-9,11-12,15-16H2,2H3. The van der Waals surface area contributed by atoms with Crippen LogP contribution in [0.25, 0.3) is 6.20 Å². The summed E-state index contributed by atoms with van der Waals surface area (Å²) in [5.41, 5.74) is 2.49. The lowest BCUT2D eigenvalue weighted by atomic mass is 9.93. The largest absolute Gasteiger partial charge is 0.337 e. The van der Waals surface area contributed by atoms with Gasteiger partial charge in [-0.1, -0.05) is 18.7 Å². The van der Waals surface area contributed by atoms with Crippen LogP contribution in [-0.2, 0) is 13.1 Å². The first-order chi connectivity index (χ1) is 12.3. The van der Waals surface area contributed by atoms with Gasteiger partial charge in [-0.25, -0.2) is 9.67 Å². The molecule has 0 spiro atoms. The molecule has 0 amide bonds. The van der Waals surface area contributed by atoms with Crippen molar-refractivity contribution in [3.8, 4) is 0 Å². The van der Waals surface area contributed by atoms with Crippen molar-refractivity contribution in [1.82, 2.24) is 24.2 Å². The van der Waals surface area contributed by atoms with Crippen LogP contribution in [0.1, 0.15) is 36.9 Å². The molecule has 3 rings (SSSR count). The lowest BCUT2D eigenvalue weighted by molar-refractivity contribution is 0.209. The van der Waals surface area contributed by atoms with Crippen molar-refractivity contribution in [1.29, 1.82) is 0 Å². The van der Waals surface area contributed by atoms with Gasteiger partial charge in [0.05, 0.1) is 12.5 Å². The van der Waals surface area contributed by atoms with Gasteiger partial charge in [-0.2, -0.15) is 5.10 Å². The molecule has 5 nitrogen and oxygen atoms in total. The van der Waals surface area contributed by atoms with E-state index in [1.54, 1.807) is 6.20 Å². The van der Waals surface area contributed by atoms with Crippen molar-refractivity contribution in [2.45, 2.75) is 45.7 Å². The fraction of sp³-hybridized carbons (Fsp3) is 0.500. The van der Waals surface area contributed by atoms with Gasteiger partial charge in [-0.15, -0.1) is 0 Å². The summed E-state index contributed by atoms with van der Waals surface area (Å²) in [5.74, 6) is 0.771. The predicted octanol–water partition coefficient (Wildman–Crippen LogP) is 3.74. The first-order valence-electron chi connectivity index (χ1n) is 9.25. The van der Waals surface area contributed by atoms with E-state index in [1.165, 1.54) is 30.5 Å². The highest BCUT2D eigenvalue weighted by molar-refractivity contribution is 5.26. The Bertz CT molecular complexity index is 683. The van der Waals surface area contributed by atoms with E-state index >= 15 is 0 Å². The highest BCUT2D eigenvalue weighted by Gasteiger charge is 2.17. The van der Waals surface area contributed by atoms with Crippen LogP contribution < -0.4 is 0 Å². The van der Waals surface area contributed by atoms with Crippen LogP contribution >= 0.6 is 0 Å². The van der Waals surface area contributed by atoms with Crippen molar-refractivity contribution < 1.29 is 0 Å². The predicted molar refractivity (Wildman–Crippen MR) is 102 cm³/mol.